The highest BCUT2D eigenvalue weighted by atomic mass is 16.5. The van der Waals surface area contributed by atoms with E-state index in [-0.39, 0.29) is 12.6 Å². The number of carbonyl (C=O) groups excluding carboxylic acids is 1. The Bertz CT molecular complexity index is 790. The van der Waals surface area contributed by atoms with Crippen molar-refractivity contribution in [3.05, 3.63) is 48.5 Å². The third-order valence-electron chi connectivity index (χ3n) is 4.36. The van der Waals surface area contributed by atoms with E-state index in [9.17, 15) is 9.59 Å². The van der Waals surface area contributed by atoms with Crippen LogP contribution in [0.25, 0.3) is 11.1 Å². The SMILES string of the molecule is COc1ccccc1-c1cccc(NC(=O)N2CCC(C(=O)O)C2)c1. The quantitative estimate of drug-likeness (QED) is 0.895. The van der Waals surface area contributed by atoms with Gasteiger partial charge in [-0.1, -0.05) is 30.3 Å². The molecule has 0 spiro atoms. The minimum atomic E-state index is -0.853. The highest BCUT2D eigenvalue weighted by Gasteiger charge is 2.30. The van der Waals surface area contributed by atoms with Crippen LogP contribution in [0.3, 0.4) is 0 Å². The zero-order valence-electron chi connectivity index (χ0n) is 13.9. The predicted octanol–water partition coefficient (Wildman–Crippen LogP) is 3.30. The molecule has 2 aromatic rings. The molecule has 1 aliphatic heterocycles. The number of para-hydroxylation sites is 1. The minimum Gasteiger partial charge on any atom is -0.496 e. The van der Waals surface area contributed by atoms with Gasteiger partial charge in [-0.3, -0.25) is 4.79 Å². The van der Waals surface area contributed by atoms with E-state index in [4.69, 9.17) is 9.84 Å². The lowest BCUT2D eigenvalue weighted by Gasteiger charge is -2.17. The molecule has 1 atom stereocenters. The second-order valence-corrected chi connectivity index (χ2v) is 5.98. The third-order valence-corrected chi connectivity index (χ3v) is 4.36. The number of rotatable bonds is 4. The lowest BCUT2D eigenvalue weighted by molar-refractivity contribution is -0.141. The Hall–Kier alpha value is -3.02. The number of methoxy groups -OCH3 is 1. The first-order valence-corrected chi connectivity index (χ1v) is 8.10. The molecular formula is C19H20N2O4. The van der Waals surface area contributed by atoms with Gasteiger partial charge in [0.1, 0.15) is 5.75 Å². The molecule has 2 N–H and O–H groups in total. The Kier molecular flexibility index (Phi) is 4.88. The fraction of sp³-hybridized carbons (Fsp3) is 0.263. The van der Waals surface area contributed by atoms with Gasteiger partial charge in [-0.05, 0) is 30.2 Å². The highest BCUT2D eigenvalue weighted by molar-refractivity contribution is 5.91. The molecule has 0 saturated carbocycles. The van der Waals surface area contributed by atoms with Crippen molar-refractivity contribution in [3.8, 4) is 16.9 Å². The number of hydrogen-bond acceptors (Lipinski definition) is 3. The summed E-state index contributed by atoms with van der Waals surface area (Å²) < 4.78 is 5.39. The number of nitrogens with one attached hydrogen (secondary N) is 1. The largest absolute Gasteiger partial charge is 0.496 e. The van der Waals surface area contributed by atoms with Gasteiger partial charge in [0.05, 0.1) is 13.0 Å². The molecule has 6 heteroatoms. The van der Waals surface area contributed by atoms with E-state index in [1.165, 1.54) is 4.90 Å². The molecule has 1 heterocycles. The second kappa shape index (κ2) is 7.25. The summed E-state index contributed by atoms with van der Waals surface area (Å²) in [5, 5.41) is 11.9. The molecule has 130 valence electrons. The molecule has 3 rings (SSSR count). The number of likely N-dealkylation sites (tertiary alicyclic amines) is 1. The van der Waals surface area contributed by atoms with Crippen molar-refractivity contribution in [3.63, 3.8) is 0 Å². The number of amides is 2. The van der Waals surface area contributed by atoms with Gasteiger partial charge in [-0.2, -0.15) is 0 Å². The molecule has 1 unspecified atom stereocenters. The summed E-state index contributed by atoms with van der Waals surface area (Å²) in [6.45, 7) is 0.697. The fourth-order valence-corrected chi connectivity index (χ4v) is 3.00. The Morgan fingerprint density at radius 3 is 2.72 bits per heavy atom. The van der Waals surface area contributed by atoms with Crippen LogP contribution in [0.1, 0.15) is 6.42 Å². The van der Waals surface area contributed by atoms with Crippen LogP contribution in [0.4, 0.5) is 10.5 Å². The molecule has 6 nitrogen and oxygen atoms in total. The normalized spacial score (nSPS) is 16.5. The highest BCUT2D eigenvalue weighted by Crippen LogP contribution is 2.31. The topological polar surface area (TPSA) is 78.9 Å². The molecule has 2 aromatic carbocycles. The van der Waals surface area contributed by atoms with E-state index >= 15 is 0 Å². The van der Waals surface area contributed by atoms with Crippen LogP contribution in [0.15, 0.2) is 48.5 Å². The maximum absolute atomic E-state index is 12.4. The van der Waals surface area contributed by atoms with Gasteiger partial charge < -0.3 is 20.1 Å². The number of urea groups is 1. The first kappa shape index (κ1) is 16.8. The summed E-state index contributed by atoms with van der Waals surface area (Å²) in [5.41, 5.74) is 2.53. The first-order valence-electron chi connectivity index (χ1n) is 8.10. The monoisotopic (exact) mass is 340 g/mol. The zero-order valence-corrected chi connectivity index (χ0v) is 13.9. The zero-order chi connectivity index (χ0) is 17.8. The van der Waals surface area contributed by atoms with Crippen LogP contribution in [-0.4, -0.2) is 42.2 Å². The van der Waals surface area contributed by atoms with Gasteiger partial charge in [-0.15, -0.1) is 0 Å². The molecule has 25 heavy (non-hydrogen) atoms. The third kappa shape index (κ3) is 3.74. The summed E-state index contributed by atoms with van der Waals surface area (Å²) >= 11 is 0. The average molecular weight is 340 g/mol. The van der Waals surface area contributed by atoms with Crippen LogP contribution in [0.5, 0.6) is 5.75 Å². The summed E-state index contributed by atoms with van der Waals surface area (Å²) in [4.78, 5) is 24.9. The average Bonchev–Trinajstić information content (AvgIpc) is 3.12. The van der Waals surface area contributed by atoms with E-state index in [0.717, 1.165) is 16.9 Å². The van der Waals surface area contributed by atoms with Crippen LogP contribution < -0.4 is 10.1 Å². The molecule has 1 fully saturated rings. The van der Waals surface area contributed by atoms with E-state index < -0.39 is 11.9 Å². The van der Waals surface area contributed by atoms with Crippen molar-refractivity contribution < 1.29 is 19.4 Å². The van der Waals surface area contributed by atoms with Crippen molar-refractivity contribution in [1.29, 1.82) is 0 Å². The van der Waals surface area contributed by atoms with Gasteiger partial charge >= 0.3 is 12.0 Å². The Balaban J connectivity index is 1.74. The number of ether oxygens (including phenoxy) is 1. The van der Waals surface area contributed by atoms with E-state index in [1.807, 2.05) is 48.5 Å². The number of benzene rings is 2. The van der Waals surface area contributed by atoms with E-state index in [2.05, 4.69) is 5.32 Å². The molecule has 1 saturated heterocycles. The minimum absolute atomic E-state index is 0.243. The first-order chi connectivity index (χ1) is 12.1. The molecule has 0 aromatic heterocycles. The number of carbonyl (C=O) groups is 2. The van der Waals surface area contributed by atoms with Gasteiger partial charge in [0, 0.05) is 24.3 Å². The number of carboxylic acids is 1. The summed E-state index contributed by atoms with van der Waals surface area (Å²) in [6.07, 6.45) is 0.490. The fourth-order valence-electron chi connectivity index (χ4n) is 3.00. The molecule has 0 aliphatic carbocycles. The maximum Gasteiger partial charge on any atom is 0.321 e. The molecule has 0 bridgehead atoms. The molecule has 1 aliphatic rings. The van der Waals surface area contributed by atoms with Crippen molar-refractivity contribution in [1.82, 2.24) is 4.90 Å². The van der Waals surface area contributed by atoms with Gasteiger partial charge in [0.25, 0.3) is 0 Å². The number of nitrogens with zero attached hydrogens (tertiary/aromatic N) is 1. The summed E-state index contributed by atoms with van der Waals surface area (Å²) in [6, 6.07) is 14.9. The molecular weight excluding hydrogens is 320 g/mol. The Morgan fingerprint density at radius 1 is 1.20 bits per heavy atom. The number of carboxylic acid groups (broad SMARTS) is 1. The van der Waals surface area contributed by atoms with Gasteiger partial charge in [0.15, 0.2) is 0 Å². The summed E-state index contributed by atoms with van der Waals surface area (Å²) in [7, 11) is 1.62. The number of anilines is 1. The van der Waals surface area contributed by atoms with E-state index in [0.29, 0.717) is 18.7 Å². The number of hydrogen-bond donors (Lipinski definition) is 2. The van der Waals surface area contributed by atoms with Crippen LogP contribution in [0, 0.1) is 5.92 Å². The van der Waals surface area contributed by atoms with Gasteiger partial charge in [-0.25, -0.2) is 4.79 Å². The van der Waals surface area contributed by atoms with Crippen molar-refractivity contribution >= 4 is 17.7 Å². The van der Waals surface area contributed by atoms with Crippen molar-refractivity contribution in [2.75, 3.05) is 25.5 Å². The van der Waals surface area contributed by atoms with Crippen molar-refractivity contribution in [2.24, 2.45) is 5.92 Å². The lowest BCUT2D eigenvalue weighted by atomic mass is 10.0. The lowest BCUT2D eigenvalue weighted by Crippen LogP contribution is -2.33. The smallest absolute Gasteiger partial charge is 0.321 e. The van der Waals surface area contributed by atoms with Crippen LogP contribution in [0.2, 0.25) is 0 Å². The van der Waals surface area contributed by atoms with Crippen LogP contribution in [-0.2, 0) is 4.79 Å². The Labute approximate surface area is 146 Å². The van der Waals surface area contributed by atoms with E-state index in [1.54, 1.807) is 7.11 Å². The maximum atomic E-state index is 12.4. The molecule has 2 amide bonds. The second-order valence-electron chi connectivity index (χ2n) is 5.98. The predicted molar refractivity (Wildman–Crippen MR) is 94.8 cm³/mol. The van der Waals surface area contributed by atoms with Crippen LogP contribution >= 0.6 is 0 Å². The Morgan fingerprint density at radius 2 is 2.00 bits per heavy atom. The summed E-state index contributed by atoms with van der Waals surface area (Å²) in [5.74, 6) is -0.575. The van der Waals surface area contributed by atoms with Gasteiger partial charge in [0.2, 0.25) is 0 Å². The van der Waals surface area contributed by atoms with Crippen molar-refractivity contribution in [2.45, 2.75) is 6.42 Å². The number of aliphatic carboxylic acids is 1. The standard InChI is InChI=1S/C19H20N2O4/c1-25-17-8-3-2-7-16(17)13-5-4-6-15(11-13)20-19(24)21-10-9-14(12-21)18(22)23/h2-8,11,14H,9-10,12H2,1H3,(H,20,24)(H,22,23). The molecule has 0 radical (unpaired) electrons.